The first-order valence-electron chi connectivity index (χ1n) is 8.81. The fraction of sp³-hybridized carbons (Fsp3) is 0.474. The monoisotopic (exact) mass is 342 g/mol. The van der Waals surface area contributed by atoms with E-state index in [1.54, 1.807) is 0 Å². The van der Waals surface area contributed by atoms with Crippen molar-refractivity contribution in [1.82, 2.24) is 14.9 Å². The summed E-state index contributed by atoms with van der Waals surface area (Å²) in [6.45, 7) is 5.22. The van der Waals surface area contributed by atoms with Crippen LogP contribution in [0.25, 0.3) is 0 Å². The largest absolute Gasteiger partial charge is 0.494 e. The Morgan fingerprint density at radius 2 is 2.00 bits per heavy atom. The summed E-state index contributed by atoms with van der Waals surface area (Å²) < 4.78 is 5.73. The molecule has 1 aliphatic rings. The molecule has 0 aliphatic carbocycles. The molecule has 134 valence electrons. The quantitative estimate of drug-likeness (QED) is 0.898. The molecular weight excluding hydrogens is 316 g/mol. The van der Waals surface area contributed by atoms with E-state index in [2.05, 4.69) is 20.9 Å². The molecule has 1 N–H and O–H groups in total. The van der Waals surface area contributed by atoms with Gasteiger partial charge in [0.1, 0.15) is 5.75 Å². The second kappa shape index (κ2) is 7.70. The van der Waals surface area contributed by atoms with Crippen LogP contribution in [-0.4, -0.2) is 48.7 Å². The molecule has 2 aromatic rings. The zero-order valence-electron chi connectivity index (χ0n) is 15.2. The van der Waals surface area contributed by atoms with E-state index in [4.69, 9.17) is 4.74 Å². The number of hydrogen-bond acceptors (Lipinski definition) is 5. The fourth-order valence-corrected chi connectivity index (χ4v) is 3.18. The number of aromatic nitrogens is 2. The van der Waals surface area contributed by atoms with Crippen molar-refractivity contribution < 1.29 is 4.74 Å². The summed E-state index contributed by atoms with van der Waals surface area (Å²) in [5.41, 5.74) is 2.93. The smallest absolute Gasteiger partial charge is 0.255 e. The highest BCUT2D eigenvalue weighted by atomic mass is 16.5. The number of para-hydroxylation sites is 1. The Balaban J connectivity index is 1.77. The van der Waals surface area contributed by atoms with E-state index in [0.29, 0.717) is 12.6 Å². The number of hydrogen-bond donors (Lipinski definition) is 1. The molecule has 0 radical (unpaired) electrons. The van der Waals surface area contributed by atoms with Crippen LogP contribution in [0.15, 0.2) is 29.1 Å². The van der Waals surface area contributed by atoms with Gasteiger partial charge in [-0.2, -0.15) is 0 Å². The zero-order chi connectivity index (χ0) is 17.8. The number of rotatable bonds is 5. The second-order valence-electron chi connectivity index (χ2n) is 6.53. The minimum atomic E-state index is -0.00901. The molecule has 0 unspecified atom stereocenters. The molecule has 0 bridgehead atoms. The highest BCUT2D eigenvalue weighted by molar-refractivity contribution is 5.34. The first-order chi connectivity index (χ1) is 12.1. The van der Waals surface area contributed by atoms with Crippen LogP contribution in [0.5, 0.6) is 5.75 Å². The van der Waals surface area contributed by atoms with Crippen molar-refractivity contribution in [3.63, 3.8) is 0 Å². The van der Waals surface area contributed by atoms with Crippen molar-refractivity contribution in [2.24, 2.45) is 0 Å². The molecule has 6 nitrogen and oxygen atoms in total. The summed E-state index contributed by atoms with van der Waals surface area (Å²) >= 11 is 0. The van der Waals surface area contributed by atoms with Crippen molar-refractivity contribution in [2.75, 3.05) is 38.7 Å². The Bertz CT molecular complexity index is 785. The Hall–Kier alpha value is -2.34. The number of fused-ring (bicyclic) bond motifs is 1. The molecule has 6 heteroatoms. The molecule has 1 aromatic carbocycles. The summed E-state index contributed by atoms with van der Waals surface area (Å²) in [6, 6.07) is 8.16. The first kappa shape index (κ1) is 17.5. The molecule has 0 saturated carbocycles. The van der Waals surface area contributed by atoms with Gasteiger partial charge < -0.3 is 9.64 Å². The summed E-state index contributed by atoms with van der Waals surface area (Å²) in [5, 5.41) is 0. The Morgan fingerprint density at radius 1 is 1.24 bits per heavy atom. The lowest BCUT2D eigenvalue weighted by Crippen LogP contribution is -2.26. The fourth-order valence-electron chi connectivity index (χ4n) is 3.18. The second-order valence-corrected chi connectivity index (χ2v) is 6.53. The van der Waals surface area contributed by atoms with Crippen LogP contribution < -0.4 is 15.2 Å². The van der Waals surface area contributed by atoms with E-state index in [-0.39, 0.29) is 5.56 Å². The highest BCUT2D eigenvalue weighted by Crippen LogP contribution is 2.21. The van der Waals surface area contributed by atoms with Crippen molar-refractivity contribution >= 4 is 5.95 Å². The maximum Gasteiger partial charge on any atom is 0.255 e. The van der Waals surface area contributed by atoms with Gasteiger partial charge in [-0.05, 0) is 19.4 Å². The van der Waals surface area contributed by atoms with Gasteiger partial charge in [0.05, 0.1) is 12.3 Å². The average molecular weight is 342 g/mol. The Kier molecular flexibility index (Phi) is 5.38. The number of H-pyrrole nitrogens is 1. The van der Waals surface area contributed by atoms with Crippen LogP contribution in [0.4, 0.5) is 5.95 Å². The molecule has 1 aliphatic heterocycles. The SMILES string of the molecule is CCOc1ccccc1CN1CCc2nc(N(C)C)[nH]c(=O)c2CC1. The molecule has 2 heterocycles. The van der Waals surface area contributed by atoms with Gasteiger partial charge >= 0.3 is 0 Å². The molecule has 0 fully saturated rings. The van der Waals surface area contributed by atoms with Gasteiger partial charge in [-0.1, -0.05) is 18.2 Å². The Morgan fingerprint density at radius 3 is 2.76 bits per heavy atom. The topological polar surface area (TPSA) is 61.5 Å². The zero-order valence-corrected chi connectivity index (χ0v) is 15.2. The average Bonchev–Trinajstić information content (AvgIpc) is 2.80. The van der Waals surface area contributed by atoms with Crippen molar-refractivity contribution in [2.45, 2.75) is 26.3 Å². The number of ether oxygens (including phenoxy) is 1. The summed E-state index contributed by atoms with van der Waals surface area (Å²) in [7, 11) is 3.77. The van der Waals surface area contributed by atoms with Crippen LogP contribution in [0.1, 0.15) is 23.7 Å². The summed E-state index contributed by atoms with van der Waals surface area (Å²) in [6.07, 6.45) is 1.51. The standard InChI is InChI=1S/C19H26N4O2/c1-4-25-17-8-6-5-7-14(17)13-23-11-9-15-16(10-12-23)20-19(22(2)3)21-18(15)24/h5-8H,4,9-13H2,1-3H3,(H,20,21,24). The minimum Gasteiger partial charge on any atom is -0.494 e. The number of nitrogens with zero attached hydrogens (tertiary/aromatic N) is 3. The molecule has 0 spiro atoms. The van der Waals surface area contributed by atoms with Crippen molar-refractivity contribution in [1.29, 1.82) is 0 Å². The normalized spacial score (nSPS) is 14.7. The van der Waals surface area contributed by atoms with E-state index >= 15 is 0 Å². The molecule has 3 rings (SSSR count). The molecule has 0 amide bonds. The van der Waals surface area contributed by atoms with Gasteiger partial charge in [-0.25, -0.2) is 4.98 Å². The third-order valence-corrected chi connectivity index (χ3v) is 4.52. The van der Waals surface area contributed by atoms with Gasteiger partial charge in [0.15, 0.2) is 0 Å². The van der Waals surface area contributed by atoms with Gasteiger partial charge in [-0.15, -0.1) is 0 Å². The third kappa shape index (κ3) is 4.02. The van der Waals surface area contributed by atoms with Crippen LogP contribution in [0.3, 0.4) is 0 Å². The summed E-state index contributed by atoms with van der Waals surface area (Å²) in [4.78, 5) is 24.1. The number of nitrogens with one attached hydrogen (secondary N) is 1. The molecule has 25 heavy (non-hydrogen) atoms. The molecule has 0 saturated heterocycles. The molecule has 0 atom stereocenters. The highest BCUT2D eigenvalue weighted by Gasteiger charge is 2.20. The maximum atomic E-state index is 12.4. The maximum absolute atomic E-state index is 12.4. The van der Waals surface area contributed by atoms with Gasteiger partial charge in [0, 0.05) is 51.3 Å². The predicted molar refractivity (Wildman–Crippen MR) is 99.5 cm³/mol. The van der Waals surface area contributed by atoms with Crippen LogP contribution in [0.2, 0.25) is 0 Å². The Labute approximate surface area is 148 Å². The minimum absolute atomic E-state index is 0.00901. The van der Waals surface area contributed by atoms with E-state index in [0.717, 1.165) is 49.5 Å². The van der Waals surface area contributed by atoms with Gasteiger partial charge in [0.25, 0.3) is 5.56 Å². The number of benzene rings is 1. The summed E-state index contributed by atoms with van der Waals surface area (Å²) in [5.74, 6) is 1.57. The molecule has 1 aromatic heterocycles. The predicted octanol–water partition coefficient (Wildman–Crippen LogP) is 1.84. The number of anilines is 1. The van der Waals surface area contributed by atoms with Gasteiger partial charge in [0.2, 0.25) is 5.95 Å². The van der Waals surface area contributed by atoms with Gasteiger partial charge in [-0.3, -0.25) is 14.7 Å². The first-order valence-corrected chi connectivity index (χ1v) is 8.81. The van der Waals surface area contributed by atoms with Crippen LogP contribution >= 0.6 is 0 Å². The molecular formula is C19H26N4O2. The lowest BCUT2D eigenvalue weighted by Gasteiger charge is -2.21. The van der Waals surface area contributed by atoms with Crippen LogP contribution in [0, 0.1) is 0 Å². The van der Waals surface area contributed by atoms with Crippen molar-refractivity contribution in [3.8, 4) is 5.75 Å². The van der Waals surface area contributed by atoms with E-state index in [1.807, 2.05) is 44.1 Å². The third-order valence-electron chi connectivity index (χ3n) is 4.52. The lowest BCUT2D eigenvalue weighted by molar-refractivity contribution is 0.268. The van der Waals surface area contributed by atoms with E-state index in [1.165, 1.54) is 5.56 Å². The van der Waals surface area contributed by atoms with E-state index in [9.17, 15) is 4.79 Å². The number of aromatic amines is 1. The van der Waals surface area contributed by atoms with Crippen molar-refractivity contribution in [3.05, 3.63) is 51.4 Å². The lowest BCUT2D eigenvalue weighted by atomic mass is 10.1. The van der Waals surface area contributed by atoms with Crippen LogP contribution in [-0.2, 0) is 19.4 Å². The van der Waals surface area contributed by atoms with E-state index < -0.39 is 0 Å².